The second kappa shape index (κ2) is 12.0. The van der Waals surface area contributed by atoms with Gasteiger partial charge in [-0.1, -0.05) is 24.3 Å². The molecule has 1 aliphatic heterocycles. The van der Waals surface area contributed by atoms with Crippen LogP contribution in [0.25, 0.3) is 0 Å². The third kappa shape index (κ3) is 7.35. The Morgan fingerprint density at radius 2 is 1.56 bits per heavy atom. The van der Waals surface area contributed by atoms with Crippen LogP contribution in [0.2, 0.25) is 0 Å². The maximum Gasteiger partial charge on any atom is 0.409 e. The number of thioether (sulfide) groups is 1. The molecule has 1 heterocycles. The molecule has 0 saturated carbocycles. The fourth-order valence-corrected chi connectivity index (χ4v) is 5.21. The van der Waals surface area contributed by atoms with Gasteiger partial charge in [0.25, 0.3) is 0 Å². The number of hydrogen-bond acceptors (Lipinski definition) is 7. The van der Waals surface area contributed by atoms with Crippen LogP contribution < -0.4 is 4.74 Å². The van der Waals surface area contributed by atoms with E-state index >= 15 is 0 Å². The molecule has 8 heteroatoms. The van der Waals surface area contributed by atoms with Crippen molar-refractivity contribution in [2.75, 3.05) is 26.0 Å². The van der Waals surface area contributed by atoms with Crippen molar-refractivity contribution < 1.29 is 28.6 Å². The van der Waals surface area contributed by atoms with Gasteiger partial charge in [-0.2, -0.15) is 0 Å². The maximum atomic E-state index is 13.7. The Morgan fingerprint density at radius 3 is 2.08 bits per heavy atom. The fraction of sp³-hybridized carbons (Fsp3) is 0.516. The van der Waals surface area contributed by atoms with E-state index in [1.54, 1.807) is 37.4 Å². The predicted octanol–water partition coefficient (Wildman–Crippen LogP) is 6.58. The zero-order valence-corrected chi connectivity index (χ0v) is 25.4. The molecule has 1 saturated heterocycles. The molecule has 7 nitrogen and oxygen atoms in total. The summed E-state index contributed by atoms with van der Waals surface area (Å²) in [6, 6.07) is 11.6. The Bertz CT molecular complexity index is 1190. The van der Waals surface area contributed by atoms with E-state index in [2.05, 4.69) is 0 Å². The molecule has 0 spiro atoms. The molecule has 0 aliphatic carbocycles. The van der Waals surface area contributed by atoms with Gasteiger partial charge in [0.1, 0.15) is 11.4 Å². The van der Waals surface area contributed by atoms with Crippen molar-refractivity contribution in [1.82, 2.24) is 4.90 Å². The number of benzene rings is 2. The molecule has 1 aliphatic rings. The number of hydrogen-bond donors (Lipinski definition) is 0. The Balaban J connectivity index is 1.94. The second-order valence-electron chi connectivity index (χ2n) is 11.5. The van der Waals surface area contributed by atoms with Crippen LogP contribution in [0.5, 0.6) is 5.75 Å². The monoisotopic (exact) mass is 555 g/mol. The molecular formula is C31H41NO6S. The van der Waals surface area contributed by atoms with E-state index in [1.165, 1.54) is 0 Å². The lowest BCUT2D eigenvalue weighted by atomic mass is 9.82. The zero-order chi connectivity index (χ0) is 29.1. The number of nitrogens with zero attached hydrogens (tertiary/aromatic N) is 1. The van der Waals surface area contributed by atoms with Gasteiger partial charge in [0.2, 0.25) is 0 Å². The first-order valence-corrected chi connectivity index (χ1v) is 14.5. The average Bonchev–Trinajstić information content (AvgIpc) is 3.30. The van der Waals surface area contributed by atoms with Gasteiger partial charge in [-0.3, -0.25) is 4.79 Å². The first kappa shape index (κ1) is 30.5. The zero-order valence-electron chi connectivity index (χ0n) is 24.5. The normalized spacial score (nSPS) is 17.6. The highest BCUT2D eigenvalue weighted by Crippen LogP contribution is 2.39. The lowest BCUT2D eigenvalue weighted by Gasteiger charge is -2.30. The summed E-state index contributed by atoms with van der Waals surface area (Å²) in [5, 5.41) is 0. The summed E-state index contributed by atoms with van der Waals surface area (Å²) in [7, 11) is 0. The summed E-state index contributed by atoms with van der Waals surface area (Å²) < 4.78 is 17.0. The van der Waals surface area contributed by atoms with E-state index in [1.807, 2.05) is 77.3 Å². The van der Waals surface area contributed by atoms with Crippen LogP contribution in [0.15, 0.2) is 41.3 Å². The third-order valence-corrected chi connectivity index (χ3v) is 7.46. The first-order valence-electron chi connectivity index (χ1n) is 13.3. The molecule has 212 valence electrons. The highest BCUT2D eigenvalue weighted by atomic mass is 32.2. The van der Waals surface area contributed by atoms with Crippen LogP contribution >= 0.6 is 11.8 Å². The minimum atomic E-state index is -1.19. The van der Waals surface area contributed by atoms with E-state index in [9.17, 15) is 14.4 Å². The summed E-state index contributed by atoms with van der Waals surface area (Å²) in [6.45, 7) is 15.4. The SMILES string of the molecule is CCOC(=O)N1CC(C(=O)c2ccc(SC)cc2)[C@@H](c2cc(C)c(OC(C)(C)C(=O)OC(C)(C)C)c(C)c2)C1. The lowest BCUT2D eigenvalue weighted by molar-refractivity contribution is -0.171. The summed E-state index contributed by atoms with van der Waals surface area (Å²) in [6.07, 6.45) is 1.58. The number of likely N-dealkylation sites (tertiary alicyclic amines) is 1. The van der Waals surface area contributed by atoms with Gasteiger partial charge in [0, 0.05) is 35.4 Å². The Kier molecular flexibility index (Phi) is 9.42. The van der Waals surface area contributed by atoms with Crippen LogP contribution in [0.1, 0.15) is 74.5 Å². The summed E-state index contributed by atoms with van der Waals surface area (Å²) >= 11 is 1.62. The van der Waals surface area contributed by atoms with Crippen molar-refractivity contribution in [2.45, 2.75) is 77.4 Å². The number of rotatable bonds is 8. The van der Waals surface area contributed by atoms with Crippen molar-refractivity contribution in [3.8, 4) is 5.75 Å². The number of carbonyl (C=O) groups is 3. The van der Waals surface area contributed by atoms with E-state index in [-0.39, 0.29) is 24.9 Å². The minimum absolute atomic E-state index is 0.00106. The van der Waals surface area contributed by atoms with Crippen molar-refractivity contribution in [1.29, 1.82) is 0 Å². The van der Waals surface area contributed by atoms with Crippen LogP contribution in [-0.2, 0) is 14.3 Å². The number of carbonyl (C=O) groups excluding carboxylic acids is 3. The van der Waals surface area contributed by atoms with Gasteiger partial charge in [-0.05, 0) is 90.5 Å². The van der Waals surface area contributed by atoms with E-state index < -0.39 is 29.2 Å². The largest absolute Gasteiger partial charge is 0.476 e. The van der Waals surface area contributed by atoms with Gasteiger partial charge in [0.05, 0.1) is 6.61 Å². The van der Waals surface area contributed by atoms with Crippen molar-refractivity contribution in [3.05, 3.63) is 58.7 Å². The van der Waals surface area contributed by atoms with Crippen molar-refractivity contribution in [3.63, 3.8) is 0 Å². The Morgan fingerprint density at radius 1 is 0.974 bits per heavy atom. The van der Waals surface area contributed by atoms with Gasteiger partial charge >= 0.3 is 12.1 Å². The van der Waals surface area contributed by atoms with Crippen LogP contribution in [-0.4, -0.2) is 59.9 Å². The number of aryl methyl sites for hydroxylation is 2. The molecule has 0 aromatic heterocycles. The molecule has 2 aromatic rings. The molecule has 0 N–H and O–H groups in total. The number of amides is 1. The Hall–Kier alpha value is -3.00. The number of ether oxygens (including phenoxy) is 3. The summed E-state index contributed by atoms with van der Waals surface area (Å²) in [5.74, 6) is -0.478. The quantitative estimate of drug-likeness (QED) is 0.207. The van der Waals surface area contributed by atoms with Crippen LogP contribution in [0.3, 0.4) is 0 Å². The molecule has 39 heavy (non-hydrogen) atoms. The molecule has 2 aromatic carbocycles. The van der Waals surface area contributed by atoms with Crippen molar-refractivity contribution >= 4 is 29.6 Å². The highest BCUT2D eigenvalue weighted by molar-refractivity contribution is 7.98. The molecule has 1 unspecified atom stereocenters. The smallest absolute Gasteiger partial charge is 0.409 e. The molecule has 0 radical (unpaired) electrons. The maximum absolute atomic E-state index is 13.7. The van der Waals surface area contributed by atoms with Gasteiger partial charge in [-0.25, -0.2) is 9.59 Å². The third-order valence-electron chi connectivity index (χ3n) is 6.72. The van der Waals surface area contributed by atoms with E-state index in [4.69, 9.17) is 14.2 Å². The van der Waals surface area contributed by atoms with E-state index in [0.717, 1.165) is 21.6 Å². The van der Waals surface area contributed by atoms with Gasteiger partial charge in [0.15, 0.2) is 11.4 Å². The first-order chi connectivity index (χ1) is 18.2. The van der Waals surface area contributed by atoms with Gasteiger partial charge in [-0.15, -0.1) is 11.8 Å². The van der Waals surface area contributed by atoms with Gasteiger partial charge < -0.3 is 19.1 Å². The van der Waals surface area contributed by atoms with E-state index in [0.29, 0.717) is 17.9 Å². The second-order valence-corrected chi connectivity index (χ2v) is 12.4. The molecule has 3 rings (SSSR count). The fourth-order valence-electron chi connectivity index (χ4n) is 4.80. The lowest BCUT2D eigenvalue weighted by Crippen LogP contribution is -2.43. The van der Waals surface area contributed by atoms with Crippen LogP contribution in [0, 0.1) is 19.8 Å². The minimum Gasteiger partial charge on any atom is -0.476 e. The van der Waals surface area contributed by atoms with Crippen LogP contribution in [0.4, 0.5) is 4.79 Å². The number of esters is 1. The van der Waals surface area contributed by atoms with Crippen molar-refractivity contribution in [2.24, 2.45) is 5.92 Å². The predicted molar refractivity (Wildman–Crippen MR) is 154 cm³/mol. The summed E-state index contributed by atoms with van der Waals surface area (Å²) in [4.78, 5) is 41.8. The molecular weight excluding hydrogens is 514 g/mol. The molecule has 1 fully saturated rings. The topological polar surface area (TPSA) is 82.1 Å². The number of Topliss-reactive ketones (excluding diaryl/α,β-unsaturated/α-hetero) is 1. The standard InChI is InChI=1S/C31H41NO6S/c1-10-36-29(35)32-17-24(25(18-32)26(33)21-11-13-23(39-9)14-12-21)22-15-19(2)27(20(3)16-22)37-31(7,8)28(34)38-30(4,5)6/h11-16,24-25H,10,17-18H2,1-9H3/t24-,25?/m1/s1. The number of ketones is 1. The highest BCUT2D eigenvalue weighted by Gasteiger charge is 2.42. The average molecular weight is 556 g/mol. The molecule has 0 bridgehead atoms. The summed E-state index contributed by atoms with van der Waals surface area (Å²) in [5.41, 5.74) is 1.42. The molecule has 1 amide bonds. The Labute approximate surface area is 236 Å². The molecule has 2 atom stereocenters.